The molecule has 4 aliphatic carbocycles. The third-order valence-corrected chi connectivity index (χ3v) is 14.7. The van der Waals surface area contributed by atoms with Crippen LogP contribution in [-0.4, -0.2) is 0 Å². The maximum Gasteiger partial charge on any atom is 0.0726 e. The second-order valence-corrected chi connectivity index (χ2v) is 17.4. The molecule has 0 atom stereocenters. The Morgan fingerprint density at radius 2 is 0.770 bits per heavy atom. The van der Waals surface area contributed by atoms with Gasteiger partial charge in [-0.05, 0) is 115 Å². The molecule has 0 bridgehead atoms. The van der Waals surface area contributed by atoms with Gasteiger partial charge in [0.15, 0.2) is 0 Å². The molecule has 0 saturated heterocycles. The summed E-state index contributed by atoms with van der Waals surface area (Å²) < 4.78 is 0. The molecule has 0 amide bonds. The van der Waals surface area contributed by atoms with Gasteiger partial charge in [0, 0.05) is 22.2 Å². The quantitative estimate of drug-likeness (QED) is 0.168. The molecular formula is C60H43N. The summed E-state index contributed by atoms with van der Waals surface area (Å²) in [6, 6.07) is 80.1. The summed E-state index contributed by atoms with van der Waals surface area (Å²) in [7, 11) is 0. The van der Waals surface area contributed by atoms with E-state index in [1.54, 1.807) is 0 Å². The molecule has 61 heavy (non-hydrogen) atoms. The van der Waals surface area contributed by atoms with Gasteiger partial charge in [-0.3, -0.25) is 0 Å². The van der Waals surface area contributed by atoms with Crippen LogP contribution in [0.4, 0.5) is 17.1 Å². The molecule has 1 nitrogen and oxygen atoms in total. The van der Waals surface area contributed by atoms with Crippen molar-refractivity contribution < 1.29 is 0 Å². The van der Waals surface area contributed by atoms with Crippen LogP contribution in [0.3, 0.4) is 0 Å². The fraction of sp³-hybridized carbons (Fsp3) is 0.100. The minimum absolute atomic E-state index is 0.0909. The Morgan fingerprint density at radius 3 is 1.41 bits per heavy atom. The molecule has 0 heterocycles. The van der Waals surface area contributed by atoms with Gasteiger partial charge in [0.05, 0.1) is 16.8 Å². The second kappa shape index (κ2) is 13.1. The van der Waals surface area contributed by atoms with Gasteiger partial charge < -0.3 is 4.90 Å². The van der Waals surface area contributed by atoms with Crippen molar-refractivity contribution in [2.45, 2.75) is 36.5 Å². The van der Waals surface area contributed by atoms with Crippen molar-refractivity contribution in [3.63, 3.8) is 0 Å². The Balaban J connectivity index is 1.10. The standard InChI is InChI=1S/C60H43N/c1-2-19-40(20-3-1)42-21-8-14-33-56(42)61(57-34-15-9-25-47(57)48-27-18-32-54-58(48)49-26-7-10-28-50(49)59(54)37-16-17-38-59)41-35-36-46-45-24-6-13-31-53(45)60(55(46)39-41)51-29-11-4-22-43(51)44-23-5-12-30-52(44)60/h1-15,18-36,39H,16-17,37-38H2. The van der Waals surface area contributed by atoms with Crippen molar-refractivity contribution in [3.05, 3.63) is 246 Å². The van der Waals surface area contributed by atoms with Gasteiger partial charge in [-0.2, -0.15) is 0 Å². The summed E-state index contributed by atoms with van der Waals surface area (Å²) in [4.78, 5) is 2.56. The number of para-hydroxylation sites is 2. The van der Waals surface area contributed by atoms with E-state index >= 15 is 0 Å². The molecule has 1 heteroatoms. The van der Waals surface area contributed by atoms with Gasteiger partial charge >= 0.3 is 0 Å². The Labute approximate surface area is 358 Å². The van der Waals surface area contributed by atoms with Crippen molar-refractivity contribution in [1.29, 1.82) is 0 Å². The average molecular weight is 778 g/mol. The third kappa shape index (κ3) is 4.67. The summed E-state index contributed by atoms with van der Waals surface area (Å²) in [6.07, 6.45) is 4.98. The molecule has 2 spiro atoms. The van der Waals surface area contributed by atoms with Crippen molar-refractivity contribution in [3.8, 4) is 55.6 Å². The fourth-order valence-corrected chi connectivity index (χ4v) is 12.3. The predicted molar refractivity (Wildman–Crippen MR) is 253 cm³/mol. The van der Waals surface area contributed by atoms with E-state index in [1.807, 2.05) is 0 Å². The first-order valence-corrected chi connectivity index (χ1v) is 22.0. The number of fused-ring (bicyclic) bond motifs is 15. The molecule has 0 unspecified atom stereocenters. The van der Waals surface area contributed by atoms with E-state index in [1.165, 1.54) is 120 Å². The zero-order valence-corrected chi connectivity index (χ0v) is 34.0. The lowest BCUT2D eigenvalue weighted by Gasteiger charge is -2.33. The molecule has 1 fully saturated rings. The summed E-state index contributed by atoms with van der Waals surface area (Å²) in [6.45, 7) is 0. The maximum absolute atomic E-state index is 2.56. The first kappa shape index (κ1) is 34.6. The van der Waals surface area contributed by atoms with E-state index in [-0.39, 0.29) is 5.41 Å². The lowest BCUT2D eigenvalue weighted by molar-refractivity contribution is 0.550. The first-order valence-electron chi connectivity index (χ1n) is 22.0. The Kier molecular flexibility index (Phi) is 7.46. The van der Waals surface area contributed by atoms with E-state index in [9.17, 15) is 0 Å². The highest BCUT2D eigenvalue weighted by Gasteiger charge is 2.52. The normalized spacial score (nSPS) is 15.2. The highest BCUT2D eigenvalue weighted by atomic mass is 15.1. The van der Waals surface area contributed by atoms with Crippen molar-refractivity contribution in [2.24, 2.45) is 0 Å². The molecule has 13 rings (SSSR count). The maximum atomic E-state index is 2.56. The lowest BCUT2D eigenvalue weighted by Crippen LogP contribution is -2.26. The largest absolute Gasteiger partial charge is 0.309 e. The number of benzene rings is 9. The molecule has 1 saturated carbocycles. The molecular weight excluding hydrogens is 735 g/mol. The van der Waals surface area contributed by atoms with Crippen LogP contribution in [0, 0.1) is 0 Å². The number of hydrogen-bond donors (Lipinski definition) is 0. The summed E-state index contributed by atoms with van der Waals surface area (Å²) in [5, 5.41) is 0. The molecule has 9 aromatic rings. The van der Waals surface area contributed by atoms with Crippen LogP contribution >= 0.6 is 0 Å². The molecule has 0 aliphatic heterocycles. The SMILES string of the molecule is c1ccc(-c2ccccc2N(c2ccc3c(c2)C2(c4ccccc4-c4ccccc42)c2ccccc2-3)c2ccccc2-c2cccc3c2-c2ccccc2C32CCCC2)cc1. The fourth-order valence-electron chi connectivity index (χ4n) is 12.3. The molecule has 9 aromatic carbocycles. The summed E-state index contributed by atoms with van der Waals surface area (Å²) in [5.41, 5.74) is 24.5. The summed E-state index contributed by atoms with van der Waals surface area (Å²) >= 11 is 0. The minimum atomic E-state index is -0.446. The lowest BCUT2D eigenvalue weighted by atomic mass is 9.70. The van der Waals surface area contributed by atoms with Crippen molar-refractivity contribution in [2.75, 3.05) is 4.90 Å². The third-order valence-electron chi connectivity index (χ3n) is 14.7. The molecule has 0 N–H and O–H groups in total. The Morgan fingerprint density at radius 1 is 0.311 bits per heavy atom. The number of nitrogens with zero attached hydrogens (tertiary/aromatic N) is 1. The number of rotatable bonds is 5. The van der Waals surface area contributed by atoms with Gasteiger partial charge in [0.2, 0.25) is 0 Å². The topological polar surface area (TPSA) is 3.24 Å². The van der Waals surface area contributed by atoms with Crippen LogP contribution in [-0.2, 0) is 10.8 Å². The van der Waals surface area contributed by atoms with Gasteiger partial charge in [0.1, 0.15) is 0 Å². The zero-order valence-electron chi connectivity index (χ0n) is 34.0. The smallest absolute Gasteiger partial charge is 0.0726 e. The highest BCUT2D eigenvalue weighted by Crippen LogP contribution is 2.64. The summed E-state index contributed by atoms with van der Waals surface area (Å²) in [5.74, 6) is 0. The molecule has 0 radical (unpaired) electrons. The van der Waals surface area contributed by atoms with E-state index in [2.05, 4.69) is 217 Å². The monoisotopic (exact) mass is 777 g/mol. The van der Waals surface area contributed by atoms with Gasteiger partial charge in [0.25, 0.3) is 0 Å². The highest BCUT2D eigenvalue weighted by molar-refractivity contribution is 6.01. The van der Waals surface area contributed by atoms with Crippen LogP contribution in [0.25, 0.3) is 55.6 Å². The first-order chi connectivity index (χ1) is 30.3. The van der Waals surface area contributed by atoms with E-state index in [4.69, 9.17) is 0 Å². The number of anilines is 3. The Bertz CT molecular complexity index is 3160. The van der Waals surface area contributed by atoms with Crippen LogP contribution < -0.4 is 4.90 Å². The zero-order chi connectivity index (χ0) is 40.1. The van der Waals surface area contributed by atoms with Gasteiger partial charge in [-0.25, -0.2) is 0 Å². The molecule has 288 valence electrons. The minimum Gasteiger partial charge on any atom is -0.309 e. The second-order valence-electron chi connectivity index (χ2n) is 17.4. The predicted octanol–water partition coefficient (Wildman–Crippen LogP) is 15.7. The molecule has 0 aromatic heterocycles. The van der Waals surface area contributed by atoms with Crippen LogP contribution in [0.1, 0.15) is 59.1 Å². The molecule has 4 aliphatic rings. The van der Waals surface area contributed by atoms with Gasteiger partial charge in [-0.1, -0.05) is 201 Å². The number of hydrogen-bond acceptors (Lipinski definition) is 1. The van der Waals surface area contributed by atoms with Crippen LogP contribution in [0.2, 0.25) is 0 Å². The van der Waals surface area contributed by atoms with E-state index in [0.717, 1.165) is 11.4 Å². The van der Waals surface area contributed by atoms with E-state index < -0.39 is 5.41 Å². The van der Waals surface area contributed by atoms with E-state index in [0.29, 0.717) is 0 Å². The average Bonchev–Trinajstić information content (AvgIpc) is 4.09. The Hall–Kier alpha value is -7.22. The van der Waals surface area contributed by atoms with Crippen LogP contribution in [0.5, 0.6) is 0 Å². The van der Waals surface area contributed by atoms with Crippen LogP contribution in [0.15, 0.2) is 212 Å². The van der Waals surface area contributed by atoms with Crippen molar-refractivity contribution in [1.82, 2.24) is 0 Å². The van der Waals surface area contributed by atoms with Gasteiger partial charge in [-0.15, -0.1) is 0 Å². The van der Waals surface area contributed by atoms with Crippen molar-refractivity contribution >= 4 is 17.1 Å².